The molecule has 3 N–H and O–H groups in total. The third kappa shape index (κ3) is 3.45. The average Bonchev–Trinajstić information content (AvgIpc) is 3.24. The first-order chi connectivity index (χ1) is 14.5. The van der Waals surface area contributed by atoms with E-state index in [9.17, 15) is 9.59 Å². The number of benzene rings is 2. The molecule has 2 aromatic carbocycles. The van der Waals surface area contributed by atoms with Crippen LogP contribution in [0.2, 0.25) is 0 Å². The van der Waals surface area contributed by atoms with Gasteiger partial charge in [0, 0.05) is 42.3 Å². The number of carbonyl (C=O) groups is 2. The highest BCUT2D eigenvalue weighted by Gasteiger charge is 2.45. The molecule has 0 aliphatic carbocycles. The van der Waals surface area contributed by atoms with Crippen molar-refractivity contribution in [3.8, 4) is 11.1 Å². The van der Waals surface area contributed by atoms with Crippen molar-refractivity contribution in [2.75, 3.05) is 50.6 Å². The molecule has 8 heteroatoms. The molecule has 2 saturated heterocycles. The van der Waals surface area contributed by atoms with Crippen LogP contribution in [0.15, 0.2) is 47.4 Å². The minimum atomic E-state index is -0.881. The van der Waals surface area contributed by atoms with Crippen LogP contribution in [-0.4, -0.2) is 72.4 Å². The maximum absolute atomic E-state index is 12.9. The molecule has 2 aromatic rings. The van der Waals surface area contributed by atoms with E-state index in [4.69, 9.17) is 10.5 Å². The number of amides is 2. The standard InChI is InChI=1S/C22H24N4O3S/c23-22(12-29-13-22)21(28)26-9-7-25(8-10-26)20(27)16-3-1-15(2-4-16)17-5-6-18-19(11-17)30-14-24-18/h1-6,11,24H,7-10,12-14,23H2. The normalized spacial score (nSPS) is 19.6. The second-order valence-corrected chi connectivity index (χ2v) is 9.00. The maximum Gasteiger partial charge on any atom is 0.253 e. The van der Waals surface area contributed by atoms with Gasteiger partial charge in [-0.05, 0) is 35.4 Å². The fourth-order valence-electron chi connectivity index (χ4n) is 4.02. The SMILES string of the molecule is NC1(C(=O)N2CCN(C(=O)c3ccc(-c4ccc5c(c4)SCN5)cc3)CC2)COC1. The van der Waals surface area contributed by atoms with Crippen LogP contribution in [0.3, 0.4) is 0 Å². The number of nitrogens with two attached hydrogens (primary N) is 1. The Morgan fingerprint density at radius 1 is 0.967 bits per heavy atom. The van der Waals surface area contributed by atoms with E-state index in [0.29, 0.717) is 31.7 Å². The molecule has 3 aliphatic heterocycles. The fraction of sp³-hybridized carbons (Fsp3) is 0.364. The van der Waals surface area contributed by atoms with Gasteiger partial charge >= 0.3 is 0 Å². The van der Waals surface area contributed by atoms with E-state index in [1.807, 2.05) is 24.3 Å². The highest BCUT2D eigenvalue weighted by molar-refractivity contribution is 7.99. The number of rotatable bonds is 3. The average molecular weight is 425 g/mol. The third-order valence-electron chi connectivity index (χ3n) is 5.94. The van der Waals surface area contributed by atoms with Crippen molar-refractivity contribution in [1.29, 1.82) is 0 Å². The van der Waals surface area contributed by atoms with E-state index in [1.54, 1.807) is 21.6 Å². The highest BCUT2D eigenvalue weighted by atomic mass is 32.2. The van der Waals surface area contributed by atoms with Gasteiger partial charge < -0.3 is 25.6 Å². The predicted molar refractivity (Wildman–Crippen MR) is 116 cm³/mol. The molecule has 3 heterocycles. The Balaban J connectivity index is 1.22. The lowest BCUT2D eigenvalue weighted by Crippen LogP contribution is -2.68. The number of hydrogen-bond donors (Lipinski definition) is 2. The van der Waals surface area contributed by atoms with Gasteiger partial charge in [-0.15, -0.1) is 11.8 Å². The number of anilines is 1. The monoisotopic (exact) mass is 424 g/mol. The van der Waals surface area contributed by atoms with E-state index >= 15 is 0 Å². The van der Waals surface area contributed by atoms with Crippen LogP contribution in [0.1, 0.15) is 10.4 Å². The first-order valence-corrected chi connectivity index (χ1v) is 11.1. The number of carbonyl (C=O) groups excluding carboxylic acids is 2. The van der Waals surface area contributed by atoms with Gasteiger partial charge in [0.1, 0.15) is 5.54 Å². The van der Waals surface area contributed by atoms with Crippen molar-refractivity contribution in [1.82, 2.24) is 9.80 Å². The molecule has 0 saturated carbocycles. The molecule has 0 spiro atoms. The van der Waals surface area contributed by atoms with Gasteiger partial charge in [0.2, 0.25) is 5.91 Å². The van der Waals surface area contributed by atoms with Gasteiger partial charge in [-0.25, -0.2) is 0 Å². The zero-order chi connectivity index (χ0) is 20.7. The van der Waals surface area contributed by atoms with Gasteiger partial charge in [0.15, 0.2) is 0 Å². The molecule has 3 aliphatic rings. The topological polar surface area (TPSA) is 87.9 Å². The van der Waals surface area contributed by atoms with E-state index in [2.05, 4.69) is 23.5 Å². The van der Waals surface area contributed by atoms with Crippen molar-refractivity contribution >= 4 is 29.3 Å². The number of nitrogens with zero attached hydrogens (tertiary/aromatic N) is 2. The first kappa shape index (κ1) is 19.4. The number of ether oxygens (including phenoxy) is 1. The van der Waals surface area contributed by atoms with E-state index < -0.39 is 5.54 Å². The highest BCUT2D eigenvalue weighted by Crippen LogP contribution is 2.36. The number of piperazine rings is 1. The van der Waals surface area contributed by atoms with Crippen LogP contribution in [0.4, 0.5) is 5.69 Å². The first-order valence-electron chi connectivity index (χ1n) is 10.1. The summed E-state index contributed by atoms with van der Waals surface area (Å²) in [6, 6.07) is 14.1. The Labute approximate surface area is 179 Å². The molecule has 0 atom stereocenters. The molecule has 0 aromatic heterocycles. The van der Waals surface area contributed by atoms with Crippen molar-refractivity contribution in [2.24, 2.45) is 5.73 Å². The van der Waals surface area contributed by atoms with Crippen LogP contribution in [0, 0.1) is 0 Å². The third-order valence-corrected chi connectivity index (χ3v) is 6.87. The predicted octanol–water partition coefficient (Wildman–Crippen LogP) is 1.84. The van der Waals surface area contributed by atoms with Crippen LogP contribution in [0.5, 0.6) is 0 Å². The molecule has 7 nitrogen and oxygen atoms in total. The Morgan fingerprint density at radius 3 is 2.30 bits per heavy atom. The molecule has 5 rings (SSSR count). The Morgan fingerprint density at radius 2 is 1.63 bits per heavy atom. The number of hydrogen-bond acceptors (Lipinski definition) is 6. The van der Waals surface area contributed by atoms with E-state index in [-0.39, 0.29) is 25.0 Å². The van der Waals surface area contributed by atoms with Crippen LogP contribution < -0.4 is 11.1 Å². The van der Waals surface area contributed by atoms with Crippen molar-refractivity contribution < 1.29 is 14.3 Å². The van der Waals surface area contributed by atoms with Crippen molar-refractivity contribution in [2.45, 2.75) is 10.4 Å². The Kier molecular flexibility index (Phi) is 4.92. The fourth-order valence-corrected chi connectivity index (χ4v) is 4.91. The molecular weight excluding hydrogens is 400 g/mol. The molecule has 0 unspecified atom stereocenters. The Bertz CT molecular complexity index is 982. The van der Waals surface area contributed by atoms with E-state index in [1.165, 1.54) is 10.6 Å². The summed E-state index contributed by atoms with van der Waals surface area (Å²) in [6.07, 6.45) is 0. The van der Waals surface area contributed by atoms with Crippen LogP contribution >= 0.6 is 11.8 Å². The molecule has 0 bridgehead atoms. The van der Waals surface area contributed by atoms with Crippen LogP contribution in [0.25, 0.3) is 11.1 Å². The summed E-state index contributed by atoms with van der Waals surface area (Å²) in [5, 5.41) is 3.34. The molecule has 156 valence electrons. The second kappa shape index (κ2) is 7.61. The summed E-state index contributed by atoms with van der Waals surface area (Å²) < 4.78 is 5.09. The molecule has 2 fully saturated rings. The zero-order valence-electron chi connectivity index (χ0n) is 16.6. The summed E-state index contributed by atoms with van der Waals surface area (Å²) >= 11 is 1.80. The van der Waals surface area contributed by atoms with Gasteiger partial charge in [-0.1, -0.05) is 18.2 Å². The lowest BCUT2D eigenvalue weighted by Gasteiger charge is -2.43. The summed E-state index contributed by atoms with van der Waals surface area (Å²) in [5.41, 5.74) is 9.25. The molecule has 30 heavy (non-hydrogen) atoms. The summed E-state index contributed by atoms with van der Waals surface area (Å²) in [5.74, 6) is 0.829. The minimum Gasteiger partial charge on any atom is -0.376 e. The van der Waals surface area contributed by atoms with Crippen molar-refractivity contribution in [3.05, 3.63) is 48.0 Å². The van der Waals surface area contributed by atoms with Gasteiger partial charge in [0.05, 0.1) is 19.1 Å². The number of thioether (sulfide) groups is 1. The maximum atomic E-state index is 12.9. The quantitative estimate of drug-likeness (QED) is 0.782. The molecule has 0 radical (unpaired) electrons. The van der Waals surface area contributed by atoms with Crippen LogP contribution in [-0.2, 0) is 9.53 Å². The summed E-state index contributed by atoms with van der Waals surface area (Å²) in [4.78, 5) is 30.2. The summed E-state index contributed by atoms with van der Waals surface area (Å²) in [6.45, 7) is 2.58. The zero-order valence-corrected chi connectivity index (χ0v) is 17.4. The van der Waals surface area contributed by atoms with Crippen molar-refractivity contribution in [3.63, 3.8) is 0 Å². The molecular formula is C22H24N4O3S. The molecule has 2 amide bonds. The second-order valence-electron chi connectivity index (χ2n) is 7.99. The van der Waals surface area contributed by atoms with E-state index in [0.717, 1.165) is 17.0 Å². The summed E-state index contributed by atoms with van der Waals surface area (Å²) in [7, 11) is 0. The lowest BCUT2D eigenvalue weighted by molar-refractivity contribution is -0.155. The van der Waals surface area contributed by atoms with Gasteiger partial charge in [-0.2, -0.15) is 0 Å². The number of nitrogens with one attached hydrogen (secondary N) is 1. The van der Waals surface area contributed by atoms with Gasteiger partial charge in [-0.3, -0.25) is 9.59 Å². The largest absolute Gasteiger partial charge is 0.376 e. The Hall–Kier alpha value is -2.55. The van der Waals surface area contributed by atoms with Gasteiger partial charge in [0.25, 0.3) is 5.91 Å². The lowest BCUT2D eigenvalue weighted by atomic mass is 9.96. The minimum absolute atomic E-state index is 0.00297. The smallest absolute Gasteiger partial charge is 0.253 e. The number of fused-ring (bicyclic) bond motifs is 1.